The summed E-state index contributed by atoms with van der Waals surface area (Å²) in [4.78, 5) is 11.6. The SMILES string of the molecule is Cc1ccc(C(=O)NCC(C)CBr)cc1F. The van der Waals surface area contributed by atoms with Gasteiger partial charge in [0.1, 0.15) is 5.82 Å². The second-order valence-electron chi connectivity index (χ2n) is 3.93. The Labute approximate surface area is 103 Å². The lowest BCUT2D eigenvalue weighted by Gasteiger charge is -2.09. The van der Waals surface area contributed by atoms with Gasteiger partial charge in [0.05, 0.1) is 0 Å². The molecule has 16 heavy (non-hydrogen) atoms. The van der Waals surface area contributed by atoms with Crippen molar-refractivity contribution < 1.29 is 9.18 Å². The van der Waals surface area contributed by atoms with Gasteiger partial charge in [0.2, 0.25) is 0 Å². The zero-order chi connectivity index (χ0) is 12.1. The molecular weight excluding hydrogens is 273 g/mol. The lowest BCUT2D eigenvalue weighted by atomic mass is 10.1. The largest absolute Gasteiger partial charge is 0.352 e. The van der Waals surface area contributed by atoms with E-state index in [0.29, 0.717) is 23.6 Å². The first-order valence-corrected chi connectivity index (χ1v) is 6.27. The summed E-state index contributed by atoms with van der Waals surface area (Å²) in [5, 5.41) is 3.59. The van der Waals surface area contributed by atoms with E-state index < -0.39 is 0 Å². The number of aryl methyl sites for hydroxylation is 1. The van der Waals surface area contributed by atoms with Crippen molar-refractivity contribution in [1.29, 1.82) is 0 Å². The minimum absolute atomic E-state index is 0.230. The molecule has 1 rings (SSSR count). The van der Waals surface area contributed by atoms with Gasteiger partial charge in [-0.15, -0.1) is 0 Å². The molecule has 0 bridgehead atoms. The van der Waals surface area contributed by atoms with Crippen LogP contribution in [0.2, 0.25) is 0 Å². The van der Waals surface area contributed by atoms with Crippen LogP contribution >= 0.6 is 15.9 Å². The molecule has 1 amide bonds. The fourth-order valence-electron chi connectivity index (χ4n) is 1.16. The molecule has 88 valence electrons. The van der Waals surface area contributed by atoms with Crippen LogP contribution in [-0.4, -0.2) is 17.8 Å². The van der Waals surface area contributed by atoms with Crippen molar-refractivity contribution in [1.82, 2.24) is 5.32 Å². The number of amides is 1. The average molecular weight is 288 g/mol. The Balaban J connectivity index is 2.63. The Kier molecular flexibility index (Phi) is 4.93. The molecule has 0 aromatic heterocycles. The number of benzene rings is 1. The highest BCUT2D eigenvalue weighted by atomic mass is 79.9. The van der Waals surface area contributed by atoms with Gasteiger partial charge in [0.25, 0.3) is 5.91 Å². The Morgan fingerprint density at radius 3 is 2.81 bits per heavy atom. The maximum Gasteiger partial charge on any atom is 0.251 e. The number of hydrogen-bond acceptors (Lipinski definition) is 1. The molecule has 0 radical (unpaired) electrons. The van der Waals surface area contributed by atoms with Crippen molar-refractivity contribution >= 4 is 21.8 Å². The van der Waals surface area contributed by atoms with Crippen molar-refractivity contribution in [2.45, 2.75) is 13.8 Å². The summed E-state index contributed by atoms with van der Waals surface area (Å²) in [5.41, 5.74) is 0.912. The van der Waals surface area contributed by atoms with Gasteiger partial charge in [-0.3, -0.25) is 4.79 Å². The monoisotopic (exact) mass is 287 g/mol. The van der Waals surface area contributed by atoms with Crippen LogP contribution in [0.3, 0.4) is 0 Å². The van der Waals surface area contributed by atoms with Crippen LogP contribution in [0.25, 0.3) is 0 Å². The van der Waals surface area contributed by atoms with Gasteiger partial charge in [-0.05, 0) is 30.5 Å². The van der Waals surface area contributed by atoms with Gasteiger partial charge >= 0.3 is 0 Å². The van der Waals surface area contributed by atoms with Crippen LogP contribution in [0.4, 0.5) is 4.39 Å². The highest BCUT2D eigenvalue weighted by molar-refractivity contribution is 9.09. The molecule has 1 atom stereocenters. The van der Waals surface area contributed by atoms with E-state index in [2.05, 4.69) is 21.2 Å². The predicted octanol–water partition coefficient (Wildman–Crippen LogP) is 2.89. The van der Waals surface area contributed by atoms with Crippen LogP contribution in [0.1, 0.15) is 22.8 Å². The van der Waals surface area contributed by atoms with Crippen LogP contribution in [0.15, 0.2) is 18.2 Å². The molecule has 0 fully saturated rings. The van der Waals surface area contributed by atoms with E-state index in [0.717, 1.165) is 5.33 Å². The average Bonchev–Trinajstić information content (AvgIpc) is 2.29. The third-order valence-corrected chi connectivity index (χ3v) is 3.41. The summed E-state index contributed by atoms with van der Waals surface area (Å²) in [6, 6.07) is 4.51. The molecule has 0 saturated heterocycles. The Morgan fingerprint density at radius 1 is 1.56 bits per heavy atom. The number of hydrogen-bond donors (Lipinski definition) is 1. The molecule has 4 heteroatoms. The predicted molar refractivity (Wildman–Crippen MR) is 66.4 cm³/mol. The van der Waals surface area contributed by atoms with Crippen molar-refractivity contribution in [2.24, 2.45) is 5.92 Å². The third-order valence-electron chi connectivity index (χ3n) is 2.31. The van der Waals surface area contributed by atoms with Crippen molar-refractivity contribution in [3.8, 4) is 0 Å². The first kappa shape index (κ1) is 13.2. The van der Waals surface area contributed by atoms with E-state index in [9.17, 15) is 9.18 Å². The fourth-order valence-corrected chi connectivity index (χ4v) is 1.39. The van der Waals surface area contributed by atoms with Crippen LogP contribution in [-0.2, 0) is 0 Å². The summed E-state index contributed by atoms with van der Waals surface area (Å²) in [7, 11) is 0. The zero-order valence-corrected chi connectivity index (χ0v) is 11.0. The van der Waals surface area contributed by atoms with Gasteiger partial charge < -0.3 is 5.32 Å². The molecule has 0 aliphatic carbocycles. The van der Waals surface area contributed by atoms with Crippen LogP contribution in [0, 0.1) is 18.7 Å². The lowest BCUT2D eigenvalue weighted by Crippen LogP contribution is -2.28. The third kappa shape index (κ3) is 3.59. The Morgan fingerprint density at radius 2 is 2.25 bits per heavy atom. The number of carbonyl (C=O) groups is 1. The quantitative estimate of drug-likeness (QED) is 0.848. The van der Waals surface area contributed by atoms with E-state index in [1.807, 2.05) is 6.92 Å². The van der Waals surface area contributed by atoms with E-state index in [4.69, 9.17) is 0 Å². The summed E-state index contributed by atoms with van der Waals surface area (Å²) in [6.07, 6.45) is 0. The minimum Gasteiger partial charge on any atom is -0.352 e. The number of alkyl halides is 1. The maximum atomic E-state index is 13.2. The minimum atomic E-state index is -0.346. The van der Waals surface area contributed by atoms with Crippen molar-refractivity contribution in [3.63, 3.8) is 0 Å². The summed E-state index contributed by atoms with van der Waals surface area (Å²) in [6.45, 7) is 4.27. The second-order valence-corrected chi connectivity index (χ2v) is 4.58. The summed E-state index contributed by atoms with van der Waals surface area (Å²) >= 11 is 3.33. The van der Waals surface area contributed by atoms with Crippen molar-refractivity contribution in [3.05, 3.63) is 35.1 Å². The molecule has 0 saturated carbocycles. The zero-order valence-electron chi connectivity index (χ0n) is 9.39. The molecular formula is C12H15BrFNO. The van der Waals surface area contributed by atoms with Crippen LogP contribution in [0.5, 0.6) is 0 Å². The Bertz CT molecular complexity index is 381. The van der Waals surface area contributed by atoms with Gasteiger partial charge in [-0.2, -0.15) is 0 Å². The number of nitrogens with one attached hydrogen (secondary N) is 1. The van der Waals surface area contributed by atoms with E-state index in [1.165, 1.54) is 6.07 Å². The lowest BCUT2D eigenvalue weighted by molar-refractivity contribution is 0.0949. The van der Waals surface area contributed by atoms with E-state index in [-0.39, 0.29) is 11.7 Å². The standard InChI is InChI=1S/C12H15BrFNO/c1-8(6-13)7-15-12(16)10-4-3-9(2)11(14)5-10/h3-5,8H,6-7H2,1-2H3,(H,15,16). The molecule has 1 aromatic rings. The molecule has 0 aliphatic rings. The normalized spacial score (nSPS) is 12.2. The molecule has 0 heterocycles. The highest BCUT2D eigenvalue weighted by Gasteiger charge is 2.08. The van der Waals surface area contributed by atoms with Gasteiger partial charge in [0.15, 0.2) is 0 Å². The number of halogens is 2. The molecule has 0 spiro atoms. The van der Waals surface area contributed by atoms with Crippen molar-refractivity contribution in [2.75, 3.05) is 11.9 Å². The van der Waals surface area contributed by atoms with E-state index >= 15 is 0 Å². The smallest absolute Gasteiger partial charge is 0.251 e. The number of carbonyl (C=O) groups excluding carboxylic acids is 1. The molecule has 0 aliphatic heterocycles. The maximum absolute atomic E-state index is 13.2. The molecule has 1 N–H and O–H groups in total. The summed E-state index contributed by atoms with van der Waals surface area (Å²) < 4.78 is 13.2. The fraction of sp³-hybridized carbons (Fsp3) is 0.417. The molecule has 1 aromatic carbocycles. The van der Waals surface area contributed by atoms with Crippen LogP contribution < -0.4 is 5.32 Å². The van der Waals surface area contributed by atoms with Gasteiger partial charge in [-0.1, -0.05) is 28.9 Å². The molecule has 1 unspecified atom stereocenters. The number of rotatable bonds is 4. The molecule has 2 nitrogen and oxygen atoms in total. The van der Waals surface area contributed by atoms with Gasteiger partial charge in [-0.25, -0.2) is 4.39 Å². The summed E-state index contributed by atoms with van der Waals surface area (Å²) in [5.74, 6) is -0.216. The Hall–Kier alpha value is -0.900. The highest BCUT2D eigenvalue weighted by Crippen LogP contribution is 2.09. The first-order valence-electron chi connectivity index (χ1n) is 5.15. The second kappa shape index (κ2) is 5.99. The van der Waals surface area contributed by atoms with E-state index in [1.54, 1.807) is 19.1 Å². The van der Waals surface area contributed by atoms with Gasteiger partial charge in [0, 0.05) is 17.4 Å². The first-order chi connectivity index (χ1) is 7.54. The topological polar surface area (TPSA) is 29.1 Å².